The van der Waals surface area contributed by atoms with E-state index in [0.29, 0.717) is 12.1 Å². The first-order valence-corrected chi connectivity index (χ1v) is 9.96. The fraction of sp³-hybridized carbons (Fsp3) is 0.455. The fourth-order valence-corrected chi connectivity index (χ4v) is 4.37. The molecule has 0 radical (unpaired) electrons. The van der Waals surface area contributed by atoms with E-state index in [0.717, 1.165) is 54.9 Å². The quantitative estimate of drug-likeness (QED) is 0.853. The van der Waals surface area contributed by atoms with Gasteiger partial charge in [0.05, 0.1) is 6.04 Å². The number of hydrogen-bond acceptors (Lipinski definition) is 3. The van der Waals surface area contributed by atoms with Gasteiger partial charge >= 0.3 is 0 Å². The average molecular weight is 365 g/mol. The van der Waals surface area contributed by atoms with E-state index < -0.39 is 0 Å². The van der Waals surface area contributed by atoms with E-state index in [2.05, 4.69) is 27.3 Å². The van der Waals surface area contributed by atoms with Crippen LogP contribution in [-0.2, 0) is 6.42 Å². The molecular weight excluding hydrogens is 338 g/mol. The SMILES string of the molecule is Cc1c(C(=O)NC(CN2CCCC2)c2ccccc2)[nH]c2c1C(=O)CCC2. The van der Waals surface area contributed by atoms with Crippen molar-refractivity contribution in [3.63, 3.8) is 0 Å². The van der Waals surface area contributed by atoms with Crippen LogP contribution in [0.3, 0.4) is 0 Å². The normalized spacial score (nSPS) is 18.3. The van der Waals surface area contributed by atoms with Crippen molar-refractivity contribution in [2.75, 3.05) is 19.6 Å². The number of nitrogens with one attached hydrogen (secondary N) is 2. The minimum absolute atomic E-state index is 0.0628. The van der Waals surface area contributed by atoms with Crippen molar-refractivity contribution in [2.45, 2.75) is 45.1 Å². The van der Waals surface area contributed by atoms with Gasteiger partial charge in [-0.1, -0.05) is 30.3 Å². The van der Waals surface area contributed by atoms with Gasteiger partial charge in [-0.3, -0.25) is 9.59 Å². The second kappa shape index (κ2) is 7.69. The van der Waals surface area contributed by atoms with Crippen molar-refractivity contribution in [1.29, 1.82) is 0 Å². The highest BCUT2D eigenvalue weighted by atomic mass is 16.2. The molecule has 1 fully saturated rings. The van der Waals surface area contributed by atoms with Crippen LogP contribution in [0.25, 0.3) is 0 Å². The summed E-state index contributed by atoms with van der Waals surface area (Å²) in [5.41, 5.74) is 4.10. The molecular formula is C22H27N3O2. The van der Waals surface area contributed by atoms with Crippen LogP contribution in [0.4, 0.5) is 0 Å². The Balaban J connectivity index is 1.57. The van der Waals surface area contributed by atoms with E-state index in [1.54, 1.807) is 0 Å². The molecule has 1 saturated heterocycles. The summed E-state index contributed by atoms with van der Waals surface area (Å²) in [6, 6.07) is 10.1. The molecule has 0 saturated carbocycles. The molecule has 1 unspecified atom stereocenters. The number of aryl methyl sites for hydroxylation is 1. The summed E-state index contributed by atoms with van der Waals surface area (Å²) < 4.78 is 0. The second-order valence-electron chi connectivity index (χ2n) is 7.70. The molecule has 27 heavy (non-hydrogen) atoms. The predicted octanol–water partition coefficient (Wildman–Crippen LogP) is 3.41. The smallest absolute Gasteiger partial charge is 0.268 e. The van der Waals surface area contributed by atoms with Crippen LogP contribution in [0.15, 0.2) is 30.3 Å². The minimum atomic E-state index is -0.122. The number of nitrogens with zero attached hydrogens (tertiary/aromatic N) is 1. The van der Waals surface area contributed by atoms with Gasteiger partial charge in [0, 0.05) is 24.2 Å². The fourth-order valence-electron chi connectivity index (χ4n) is 4.37. The first-order chi connectivity index (χ1) is 13.1. The number of benzene rings is 1. The Kier molecular flexibility index (Phi) is 5.12. The third kappa shape index (κ3) is 3.69. The van der Waals surface area contributed by atoms with Crippen molar-refractivity contribution in [1.82, 2.24) is 15.2 Å². The Hall–Kier alpha value is -2.40. The lowest BCUT2D eigenvalue weighted by Crippen LogP contribution is -2.37. The number of H-pyrrole nitrogens is 1. The molecule has 2 heterocycles. The lowest BCUT2D eigenvalue weighted by atomic mass is 9.93. The Labute approximate surface area is 160 Å². The number of aromatic nitrogens is 1. The Morgan fingerprint density at radius 2 is 1.89 bits per heavy atom. The minimum Gasteiger partial charge on any atom is -0.354 e. The van der Waals surface area contributed by atoms with Gasteiger partial charge in [-0.15, -0.1) is 0 Å². The summed E-state index contributed by atoms with van der Waals surface area (Å²) >= 11 is 0. The molecule has 5 nitrogen and oxygen atoms in total. The number of ketones is 1. The number of carbonyl (C=O) groups is 2. The van der Waals surface area contributed by atoms with Crippen LogP contribution in [-0.4, -0.2) is 41.2 Å². The summed E-state index contributed by atoms with van der Waals surface area (Å²) in [6.07, 6.45) is 4.72. The van der Waals surface area contributed by atoms with E-state index in [1.165, 1.54) is 12.8 Å². The monoisotopic (exact) mass is 365 g/mol. The van der Waals surface area contributed by atoms with Gasteiger partial charge in [-0.2, -0.15) is 0 Å². The summed E-state index contributed by atoms with van der Waals surface area (Å²) in [5, 5.41) is 3.22. The first-order valence-electron chi connectivity index (χ1n) is 9.96. The van der Waals surface area contributed by atoms with Crippen LogP contribution >= 0.6 is 0 Å². The van der Waals surface area contributed by atoms with Gasteiger partial charge in [0.25, 0.3) is 5.91 Å². The molecule has 0 spiro atoms. The molecule has 1 atom stereocenters. The zero-order valence-electron chi connectivity index (χ0n) is 15.9. The second-order valence-corrected chi connectivity index (χ2v) is 7.70. The highest BCUT2D eigenvalue weighted by molar-refractivity contribution is 6.04. The van der Waals surface area contributed by atoms with Gasteiger partial charge in [0.1, 0.15) is 5.69 Å². The topological polar surface area (TPSA) is 65.2 Å². The molecule has 1 amide bonds. The molecule has 1 aromatic carbocycles. The van der Waals surface area contributed by atoms with Gasteiger partial charge < -0.3 is 15.2 Å². The highest BCUT2D eigenvalue weighted by Crippen LogP contribution is 2.27. The van der Waals surface area contributed by atoms with E-state index in [1.807, 2.05) is 25.1 Å². The van der Waals surface area contributed by atoms with E-state index in [-0.39, 0.29) is 17.7 Å². The van der Waals surface area contributed by atoms with Crippen molar-refractivity contribution in [3.05, 3.63) is 58.4 Å². The Bertz CT molecular complexity index is 835. The number of likely N-dealkylation sites (tertiary alicyclic amines) is 1. The van der Waals surface area contributed by atoms with Crippen LogP contribution in [0.2, 0.25) is 0 Å². The van der Waals surface area contributed by atoms with Crippen LogP contribution in [0.5, 0.6) is 0 Å². The third-order valence-electron chi connectivity index (χ3n) is 5.81. The Morgan fingerprint density at radius 3 is 2.59 bits per heavy atom. The maximum absolute atomic E-state index is 13.1. The molecule has 2 N–H and O–H groups in total. The molecule has 142 valence electrons. The average Bonchev–Trinajstić information content (AvgIpc) is 3.30. The maximum atomic E-state index is 13.1. The Morgan fingerprint density at radius 1 is 1.15 bits per heavy atom. The van der Waals surface area contributed by atoms with Crippen LogP contribution in [0, 0.1) is 6.92 Å². The molecule has 4 rings (SSSR count). The van der Waals surface area contributed by atoms with Gasteiger partial charge in [-0.25, -0.2) is 0 Å². The van der Waals surface area contributed by atoms with Gasteiger partial charge in [0.15, 0.2) is 5.78 Å². The molecule has 5 heteroatoms. The standard InChI is InChI=1S/C22H27N3O2/c1-15-20-17(10-7-11-19(20)26)23-21(15)22(27)24-18(14-25-12-5-6-13-25)16-8-3-2-4-9-16/h2-4,8-9,18,23H,5-7,10-14H2,1H3,(H,24,27). The number of Topliss-reactive ketones (excluding diaryl/α,β-unsaturated/α-hetero) is 1. The zero-order chi connectivity index (χ0) is 18.8. The molecule has 0 bridgehead atoms. The molecule has 2 aromatic rings. The van der Waals surface area contributed by atoms with E-state index in [4.69, 9.17) is 0 Å². The van der Waals surface area contributed by atoms with Gasteiger partial charge in [0.2, 0.25) is 0 Å². The first kappa shape index (κ1) is 18.0. The largest absolute Gasteiger partial charge is 0.354 e. The summed E-state index contributed by atoms with van der Waals surface area (Å²) in [4.78, 5) is 31.0. The lowest BCUT2D eigenvalue weighted by molar-refractivity contribution is 0.0921. The summed E-state index contributed by atoms with van der Waals surface area (Å²) in [5.74, 6) is 0.0310. The highest BCUT2D eigenvalue weighted by Gasteiger charge is 2.28. The molecule has 1 aliphatic heterocycles. The maximum Gasteiger partial charge on any atom is 0.268 e. The van der Waals surface area contributed by atoms with Crippen LogP contribution < -0.4 is 5.32 Å². The lowest BCUT2D eigenvalue weighted by Gasteiger charge is -2.25. The predicted molar refractivity (Wildman–Crippen MR) is 105 cm³/mol. The van der Waals surface area contributed by atoms with Crippen molar-refractivity contribution in [3.8, 4) is 0 Å². The number of amides is 1. The van der Waals surface area contributed by atoms with Gasteiger partial charge in [-0.05, 0) is 56.8 Å². The zero-order valence-corrected chi connectivity index (χ0v) is 15.9. The van der Waals surface area contributed by atoms with Crippen LogP contribution in [0.1, 0.15) is 69.4 Å². The number of aromatic amines is 1. The molecule has 1 aromatic heterocycles. The molecule has 2 aliphatic rings. The molecule has 1 aliphatic carbocycles. The summed E-state index contributed by atoms with van der Waals surface area (Å²) in [7, 11) is 0. The third-order valence-corrected chi connectivity index (χ3v) is 5.81. The van der Waals surface area contributed by atoms with Crippen molar-refractivity contribution < 1.29 is 9.59 Å². The number of hydrogen-bond donors (Lipinski definition) is 2. The van der Waals surface area contributed by atoms with Crippen molar-refractivity contribution in [2.24, 2.45) is 0 Å². The number of rotatable bonds is 5. The number of carbonyl (C=O) groups excluding carboxylic acids is 2. The van der Waals surface area contributed by atoms with E-state index in [9.17, 15) is 9.59 Å². The summed E-state index contributed by atoms with van der Waals surface area (Å²) in [6.45, 7) is 4.87. The van der Waals surface area contributed by atoms with Crippen molar-refractivity contribution >= 4 is 11.7 Å². The van der Waals surface area contributed by atoms with E-state index >= 15 is 0 Å². The number of fused-ring (bicyclic) bond motifs is 1.